The van der Waals surface area contributed by atoms with E-state index in [1.54, 1.807) is 0 Å². The van der Waals surface area contributed by atoms with Crippen LogP contribution < -0.4 is 5.32 Å². The third-order valence-electron chi connectivity index (χ3n) is 4.54. The molecule has 106 valence electrons. The molecule has 0 aliphatic heterocycles. The van der Waals surface area contributed by atoms with E-state index in [1.165, 1.54) is 49.9 Å². The summed E-state index contributed by atoms with van der Waals surface area (Å²) in [7, 11) is 0. The number of benzene rings is 1. The van der Waals surface area contributed by atoms with Gasteiger partial charge in [0.25, 0.3) is 0 Å². The van der Waals surface area contributed by atoms with Crippen molar-refractivity contribution in [3.63, 3.8) is 0 Å². The molecule has 0 spiro atoms. The predicted molar refractivity (Wildman–Crippen MR) is 84.8 cm³/mol. The number of nitrogens with zero attached hydrogens (tertiary/aromatic N) is 2. The van der Waals surface area contributed by atoms with E-state index in [9.17, 15) is 0 Å². The van der Waals surface area contributed by atoms with Gasteiger partial charge >= 0.3 is 0 Å². The monoisotopic (exact) mass is 333 g/mol. The predicted octanol–water partition coefficient (Wildman–Crippen LogP) is 4.17. The average Bonchev–Trinajstić information content (AvgIpc) is 3.01. The first-order valence-corrected chi connectivity index (χ1v) is 8.50. The van der Waals surface area contributed by atoms with Crippen LogP contribution >= 0.6 is 15.9 Å². The summed E-state index contributed by atoms with van der Waals surface area (Å²) in [6.07, 6.45) is 8.02. The van der Waals surface area contributed by atoms with Crippen LogP contribution in [0.15, 0.2) is 22.7 Å². The van der Waals surface area contributed by atoms with Crippen molar-refractivity contribution in [1.29, 1.82) is 0 Å². The summed E-state index contributed by atoms with van der Waals surface area (Å²) in [5.41, 5.74) is 2.41. The molecule has 0 bridgehead atoms. The van der Waals surface area contributed by atoms with Crippen LogP contribution in [0.25, 0.3) is 11.0 Å². The van der Waals surface area contributed by atoms with E-state index in [4.69, 9.17) is 4.98 Å². The minimum Gasteiger partial charge on any atom is -0.324 e. The second-order valence-corrected chi connectivity index (χ2v) is 7.04. The molecule has 1 aromatic heterocycles. The van der Waals surface area contributed by atoms with E-state index in [-0.39, 0.29) is 0 Å². The van der Waals surface area contributed by atoms with Gasteiger partial charge in [0, 0.05) is 16.6 Å². The van der Waals surface area contributed by atoms with Crippen molar-refractivity contribution in [3.8, 4) is 0 Å². The van der Waals surface area contributed by atoms with E-state index < -0.39 is 0 Å². The normalized spacial score (nSPS) is 20.1. The lowest BCUT2D eigenvalue weighted by atomic mass is 10.2. The minimum atomic E-state index is 0.682. The summed E-state index contributed by atoms with van der Waals surface area (Å²) < 4.78 is 3.57. The van der Waals surface area contributed by atoms with Gasteiger partial charge in [0.1, 0.15) is 5.82 Å². The second kappa shape index (κ2) is 5.15. The zero-order chi connectivity index (χ0) is 13.5. The fourth-order valence-corrected chi connectivity index (χ4v) is 3.70. The summed E-state index contributed by atoms with van der Waals surface area (Å²) in [6.45, 7) is 0.910. The largest absolute Gasteiger partial charge is 0.324 e. The number of nitrogens with one attached hydrogen (secondary N) is 1. The molecule has 1 heterocycles. The summed E-state index contributed by atoms with van der Waals surface area (Å²) in [6, 6.07) is 7.84. The fourth-order valence-electron chi connectivity index (χ4n) is 3.35. The Labute approximate surface area is 127 Å². The zero-order valence-electron chi connectivity index (χ0n) is 11.6. The van der Waals surface area contributed by atoms with Gasteiger partial charge in [-0.1, -0.05) is 28.8 Å². The first-order valence-electron chi connectivity index (χ1n) is 7.71. The summed E-state index contributed by atoms with van der Waals surface area (Å²) in [5, 5.41) is 3.70. The number of aromatic nitrogens is 2. The Morgan fingerprint density at radius 3 is 2.75 bits per heavy atom. The van der Waals surface area contributed by atoms with Crippen molar-refractivity contribution in [3.05, 3.63) is 28.5 Å². The van der Waals surface area contributed by atoms with Gasteiger partial charge in [-0.2, -0.15) is 0 Å². The number of imidazole rings is 1. The molecule has 0 atom stereocenters. The van der Waals surface area contributed by atoms with Crippen LogP contribution in [-0.2, 0) is 6.54 Å². The van der Waals surface area contributed by atoms with Gasteiger partial charge in [0.2, 0.25) is 0 Å². The van der Waals surface area contributed by atoms with Gasteiger partial charge < -0.3 is 9.88 Å². The second-order valence-electron chi connectivity index (χ2n) is 6.12. The Morgan fingerprint density at radius 1 is 1.20 bits per heavy atom. The summed E-state index contributed by atoms with van der Waals surface area (Å²) in [4.78, 5) is 4.87. The lowest BCUT2D eigenvalue weighted by Crippen LogP contribution is -2.26. The van der Waals surface area contributed by atoms with Gasteiger partial charge in [-0.25, -0.2) is 4.98 Å². The number of hydrogen-bond acceptors (Lipinski definition) is 2. The number of rotatable bonds is 4. The van der Waals surface area contributed by atoms with Crippen LogP contribution in [0.1, 0.15) is 50.4 Å². The molecular weight excluding hydrogens is 314 g/mol. The molecule has 0 amide bonds. The Hall–Kier alpha value is -0.870. The Bertz CT molecular complexity index is 624. The Balaban J connectivity index is 1.64. The van der Waals surface area contributed by atoms with Gasteiger partial charge in [0.15, 0.2) is 0 Å². The van der Waals surface area contributed by atoms with Crippen molar-refractivity contribution < 1.29 is 0 Å². The molecule has 0 saturated heterocycles. The topological polar surface area (TPSA) is 29.9 Å². The molecule has 2 aliphatic carbocycles. The highest BCUT2D eigenvalue weighted by Gasteiger charge is 2.28. The van der Waals surface area contributed by atoms with Gasteiger partial charge in [-0.15, -0.1) is 0 Å². The highest BCUT2D eigenvalue weighted by Crippen LogP contribution is 2.39. The van der Waals surface area contributed by atoms with Gasteiger partial charge in [0.05, 0.1) is 17.6 Å². The van der Waals surface area contributed by atoms with E-state index in [0.29, 0.717) is 12.1 Å². The molecule has 20 heavy (non-hydrogen) atoms. The Kier molecular flexibility index (Phi) is 3.31. The SMILES string of the molecule is Brc1ccc2c(c1)nc(CNC1CCCC1)n2C1CC1. The molecule has 4 heteroatoms. The standard InChI is InChI=1S/C16H20BrN3/c17-11-5-8-15-14(9-11)19-16(20(15)13-6-7-13)10-18-12-3-1-2-4-12/h5,8-9,12-13,18H,1-4,6-7,10H2. The van der Waals surface area contributed by atoms with E-state index >= 15 is 0 Å². The van der Waals surface area contributed by atoms with Crippen molar-refractivity contribution in [2.24, 2.45) is 0 Å². The van der Waals surface area contributed by atoms with E-state index in [1.807, 2.05) is 0 Å². The van der Waals surface area contributed by atoms with Crippen LogP contribution in [0.2, 0.25) is 0 Å². The number of halogens is 1. The zero-order valence-corrected chi connectivity index (χ0v) is 13.2. The maximum atomic E-state index is 4.87. The fraction of sp³-hybridized carbons (Fsp3) is 0.562. The molecule has 1 aromatic carbocycles. The molecule has 1 N–H and O–H groups in total. The summed E-state index contributed by atoms with van der Waals surface area (Å²) >= 11 is 3.55. The van der Waals surface area contributed by atoms with Crippen LogP contribution in [0.5, 0.6) is 0 Å². The molecule has 2 aliphatic rings. The maximum Gasteiger partial charge on any atom is 0.124 e. The molecule has 2 aromatic rings. The van der Waals surface area contributed by atoms with Crippen LogP contribution in [-0.4, -0.2) is 15.6 Å². The number of hydrogen-bond donors (Lipinski definition) is 1. The smallest absolute Gasteiger partial charge is 0.124 e. The maximum absolute atomic E-state index is 4.87. The lowest BCUT2D eigenvalue weighted by Gasteiger charge is -2.13. The molecule has 3 nitrogen and oxygen atoms in total. The first-order chi connectivity index (χ1) is 9.81. The van der Waals surface area contributed by atoms with Crippen molar-refractivity contribution >= 4 is 27.0 Å². The van der Waals surface area contributed by atoms with E-state index in [0.717, 1.165) is 16.5 Å². The molecule has 2 saturated carbocycles. The molecule has 0 radical (unpaired) electrons. The highest BCUT2D eigenvalue weighted by atomic mass is 79.9. The highest BCUT2D eigenvalue weighted by molar-refractivity contribution is 9.10. The summed E-state index contributed by atoms with van der Waals surface area (Å²) in [5.74, 6) is 1.22. The average molecular weight is 334 g/mol. The van der Waals surface area contributed by atoms with Crippen molar-refractivity contribution in [2.75, 3.05) is 0 Å². The van der Waals surface area contributed by atoms with Crippen LogP contribution in [0, 0.1) is 0 Å². The van der Waals surface area contributed by atoms with Gasteiger partial charge in [-0.05, 0) is 43.9 Å². The van der Waals surface area contributed by atoms with Crippen LogP contribution in [0.4, 0.5) is 0 Å². The molecule has 4 rings (SSSR count). The van der Waals surface area contributed by atoms with Gasteiger partial charge in [-0.3, -0.25) is 0 Å². The lowest BCUT2D eigenvalue weighted by molar-refractivity contribution is 0.502. The molecule has 2 fully saturated rings. The Morgan fingerprint density at radius 2 is 2.00 bits per heavy atom. The van der Waals surface area contributed by atoms with Crippen LogP contribution in [0.3, 0.4) is 0 Å². The minimum absolute atomic E-state index is 0.682. The van der Waals surface area contributed by atoms with Crippen molar-refractivity contribution in [1.82, 2.24) is 14.9 Å². The third kappa shape index (κ3) is 2.40. The molecular formula is C16H20BrN3. The van der Waals surface area contributed by atoms with E-state index in [2.05, 4.69) is 44.0 Å². The van der Waals surface area contributed by atoms with Crippen molar-refractivity contribution in [2.45, 2.75) is 57.2 Å². The third-order valence-corrected chi connectivity index (χ3v) is 5.03. The molecule has 0 unspecified atom stereocenters. The quantitative estimate of drug-likeness (QED) is 0.910. The number of fused-ring (bicyclic) bond motifs is 1. The first kappa shape index (κ1) is 12.8.